The molecule has 100 valence electrons. The average Bonchev–Trinajstić information content (AvgIpc) is 3.00. The zero-order valence-electron chi connectivity index (χ0n) is 10.8. The van der Waals surface area contributed by atoms with Crippen molar-refractivity contribution in [1.29, 1.82) is 0 Å². The van der Waals surface area contributed by atoms with Crippen LogP contribution in [0.3, 0.4) is 0 Å². The molecule has 0 bridgehead atoms. The number of rotatable bonds is 4. The van der Waals surface area contributed by atoms with Crippen molar-refractivity contribution in [2.24, 2.45) is 0 Å². The van der Waals surface area contributed by atoms with Crippen molar-refractivity contribution < 1.29 is 4.52 Å². The van der Waals surface area contributed by atoms with Gasteiger partial charge in [0.25, 0.3) is 0 Å². The van der Waals surface area contributed by atoms with Crippen molar-refractivity contribution in [3.63, 3.8) is 0 Å². The fourth-order valence-electron chi connectivity index (χ4n) is 2.56. The fraction of sp³-hybridized carbons (Fsp3) is 0.429. The number of piperazine rings is 1. The summed E-state index contributed by atoms with van der Waals surface area (Å²) in [6.45, 7) is 4.03. The summed E-state index contributed by atoms with van der Waals surface area (Å²) >= 11 is 0. The van der Waals surface area contributed by atoms with Crippen LogP contribution in [0.2, 0.25) is 0 Å². The summed E-state index contributed by atoms with van der Waals surface area (Å²) in [6.07, 6.45) is 2.27. The second-order valence-electron chi connectivity index (χ2n) is 4.75. The fourth-order valence-corrected chi connectivity index (χ4v) is 2.56. The van der Waals surface area contributed by atoms with Crippen molar-refractivity contribution in [2.75, 3.05) is 26.2 Å². The summed E-state index contributed by atoms with van der Waals surface area (Å²) in [7, 11) is 0. The SMILES string of the molecule is c1ccc(C2CNCCN2CCc2ncno2)cc1. The third-order valence-electron chi connectivity index (χ3n) is 3.56. The molecule has 1 aromatic carbocycles. The molecule has 3 rings (SSSR count). The minimum Gasteiger partial charge on any atom is -0.340 e. The van der Waals surface area contributed by atoms with E-state index in [0.29, 0.717) is 11.9 Å². The van der Waals surface area contributed by atoms with Crippen LogP contribution in [0.1, 0.15) is 17.5 Å². The Kier molecular flexibility index (Phi) is 3.86. The molecule has 1 fully saturated rings. The number of hydrogen-bond donors (Lipinski definition) is 1. The Morgan fingerprint density at radius 3 is 3.00 bits per heavy atom. The topological polar surface area (TPSA) is 54.2 Å². The first-order valence-electron chi connectivity index (χ1n) is 6.69. The Bertz CT molecular complexity index is 485. The molecule has 0 radical (unpaired) electrons. The summed E-state index contributed by atoms with van der Waals surface area (Å²) in [6, 6.07) is 11.1. The maximum Gasteiger partial charge on any atom is 0.227 e. The minimum absolute atomic E-state index is 0.429. The van der Waals surface area contributed by atoms with Crippen LogP contribution in [-0.2, 0) is 6.42 Å². The van der Waals surface area contributed by atoms with E-state index in [4.69, 9.17) is 4.52 Å². The van der Waals surface area contributed by atoms with Crippen molar-refractivity contribution in [1.82, 2.24) is 20.4 Å². The first-order chi connectivity index (χ1) is 9.43. The Balaban J connectivity index is 1.67. The standard InChI is InChI=1S/C14H18N4O/c1-2-4-12(5-3-1)13-10-15-7-9-18(13)8-6-14-16-11-17-19-14/h1-5,11,13,15H,6-10H2. The Morgan fingerprint density at radius 2 is 2.21 bits per heavy atom. The highest BCUT2D eigenvalue weighted by Crippen LogP contribution is 2.21. The van der Waals surface area contributed by atoms with Gasteiger partial charge in [0.05, 0.1) is 0 Å². The molecular weight excluding hydrogens is 240 g/mol. The van der Waals surface area contributed by atoms with E-state index in [-0.39, 0.29) is 0 Å². The van der Waals surface area contributed by atoms with E-state index in [0.717, 1.165) is 32.6 Å². The smallest absolute Gasteiger partial charge is 0.227 e. The highest BCUT2D eigenvalue weighted by atomic mass is 16.5. The van der Waals surface area contributed by atoms with E-state index >= 15 is 0 Å². The highest BCUT2D eigenvalue weighted by Gasteiger charge is 2.23. The summed E-state index contributed by atoms with van der Waals surface area (Å²) in [5, 5.41) is 7.11. The van der Waals surface area contributed by atoms with Gasteiger partial charge < -0.3 is 9.84 Å². The van der Waals surface area contributed by atoms with Crippen molar-refractivity contribution in [2.45, 2.75) is 12.5 Å². The molecule has 5 heteroatoms. The lowest BCUT2D eigenvalue weighted by atomic mass is 10.0. The van der Waals surface area contributed by atoms with Gasteiger partial charge in [0.15, 0.2) is 6.33 Å². The molecule has 0 aliphatic carbocycles. The molecule has 5 nitrogen and oxygen atoms in total. The van der Waals surface area contributed by atoms with Crippen LogP contribution in [-0.4, -0.2) is 41.2 Å². The molecule has 19 heavy (non-hydrogen) atoms. The maximum absolute atomic E-state index is 5.06. The van der Waals surface area contributed by atoms with Crippen LogP contribution < -0.4 is 5.32 Å². The normalized spacial score (nSPS) is 20.5. The molecule has 1 N–H and O–H groups in total. The molecule has 1 unspecified atom stereocenters. The molecule has 0 spiro atoms. The van der Waals surface area contributed by atoms with Crippen molar-refractivity contribution in [3.05, 3.63) is 48.1 Å². The van der Waals surface area contributed by atoms with E-state index < -0.39 is 0 Å². The van der Waals surface area contributed by atoms with E-state index in [2.05, 4.69) is 50.7 Å². The maximum atomic E-state index is 5.06. The van der Waals surface area contributed by atoms with Gasteiger partial charge in [0.2, 0.25) is 5.89 Å². The first-order valence-corrected chi connectivity index (χ1v) is 6.69. The second-order valence-corrected chi connectivity index (χ2v) is 4.75. The van der Waals surface area contributed by atoms with Gasteiger partial charge in [-0.25, -0.2) is 0 Å². The molecule has 1 aromatic heterocycles. The third-order valence-corrected chi connectivity index (χ3v) is 3.56. The van der Waals surface area contributed by atoms with Crippen LogP contribution in [0.4, 0.5) is 0 Å². The van der Waals surface area contributed by atoms with Gasteiger partial charge in [-0.2, -0.15) is 4.98 Å². The average molecular weight is 258 g/mol. The molecule has 1 aliphatic heterocycles. The molecule has 0 amide bonds. The lowest BCUT2D eigenvalue weighted by Crippen LogP contribution is -2.46. The molecule has 2 aromatic rings. The van der Waals surface area contributed by atoms with Gasteiger partial charge >= 0.3 is 0 Å². The molecule has 0 saturated carbocycles. The minimum atomic E-state index is 0.429. The van der Waals surface area contributed by atoms with Crippen molar-refractivity contribution in [3.8, 4) is 0 Å². The van der Waals surface area contributed by atoms with Gasteiger partial charge in [0.1, 0.15) is 0 Å². The number of hydrogen-bond acceptors (Lipinski definition) is 5. The van der Waals surface area contributed by atoms with Crippen LogP contribution in [0.5, 0.6) is 0 Å². The molecule has 1 aliphatic rings. The third kappa shape index (κ3) is 3.00. The number of nitrogens with zero attached hydrogens (tertiary/aromatic N) is 3. The molecular formula is C14H18N4O. The predicted octanol–water partition coefficient (Wildman–Crippen LogP) is 1.26. The Labute approximate surface area is 112 Å². The summed E-state index contributed by atoms with van der Waals surface area (Å²) in [4.78, 5) is 6.56. The zero-order chi connectivity index (χ0) is 12.9. The van der Waals surface area contributed by atoms with Gasteiger partial charge in [-0.15, -0.1) is 0 Å². The summed E-state index contributed by atoms with van der Waals surface area (Å²) in [5.74, 6) is 0.713. The lowest BCUT2D eigenvalue weighted by Gasteiger charge is -2.36. The lowest BCUT2D eigenvalue weighted by molar-refractivity contribution is 0.159. The predicted molar refractivity (Wildman–Crippen MR) is 71.6 cm³/mol. The quantitative estimate of drug-likeness (QED) is 0.894. The van der Waals surface area contributed by atoms with Gasteiger partial charge in [0, 0.05) is 38.6 Å². The molecule has 1 atom stereocenters. The zero-order valence-corrected chi connectivity index (χ0v) is 10.8. The molecule has 2 heterocycles. The van der Waals surface area contributed by atoms with Gasteiger partial charge in [-0.1, -0.05) is 35.5 Å². The molecule has 1 saturated heterocycles. The Morgan fingerprint density at radius 1 is 1.32 bits per heavy atom. The summed E-state index contributed by atoms with van der Waals surface area (Å²) < 4.78 is 5.06. The highest BCUT2D eigenvalue weighted by molar-refractivity contribution is 5.20. The van der Waals surface area contributed by atoms with Crippen molar-refractivity contribution >= 4 is 0 Å². The second kappa shape index (κ2) is 5.95. The van der Waals surface area contributed by atoms with E-state index in [9.17, 15) is 0 Å². The number of aromatic nitrogens is 2. The number of nitrogens with one attached hydrogen (secondary N) is 1. The van der Waals surface area contributed by atoms with Crippen LogP contribution in [0, 0.1) is 0 Å². The van der Waals surface area contributed by atoms with E-state index in [1.54, 1.807) is 0 Å². The van der Waals surface area contributed by atoms with Crippen LogP contribution >= 0.6 is 0 Å². The van der Waals surface area contributed by atoms with Gasteiger partial charge in [-0.05, 0) is 5.56 Å². The van der Waals surface area contributed by atoms with Gasteiger partial charge in [-0.3, -0.25) is 4.90 Å². The van der Waals surface area contributed by atoms with Crippen LogP contribution in [0.25, 0.3) is 0 Å². The largest absolute Gasteiger partial charge is 0.340 e. The summed E-state index contributed by atoms with van der Waals surface area (Å²) in [5.41, 5.74) is 1.36. The monoisotopic (exact) mass is 258 g/mol. The number of benzene rings is 1. The first kappa shape index (κ1) is 12.3. The van der Waals surface area contributed by atoms with E-state index in [1.165, 1.54) is 11.9 Å². The van der Waals surface area contributed by atoms with Crippen LogP contribution in [0.15, 0.2) is 41.2 Å². The van der Waals surface area contributed by atoms with E-state index in [1.807, 2.05) is 0 Å². The Hall–Kier alpha value is -1.72.